The average Bonchev–Trinajstić information content (AvgIpc) is 2.65. The van der Waals surface area contributed by atoms with Crippen molar-refractivity contribution in [3.63, 3.8) is 0 Å². The summed E-state index contributed by atoms with van der Waals surface area (Å²) < 4.78 is 5.41. The molecule has 0 aromatic carbocycles. The quantitative estimate of drug-likeness (QED) is 0.734. The van der Waals surface area contributed by atoms with E-state index in [1.165, 1.54) is 12.8 Å². The third-order valence-electron chi connectivity index (χ3n) is 3.39. The van der Waals surface area contributed by atoms with Crippen LogP contribution in [0, 0.1) is 11.8 Å². The van der Waals surface area contributed by atoms with Gasteiger partial charge in [0, 0.05) is 18.7 Å². The molecule has 84 valence electrons. The van der Waals surface area contributed by atoms with Gasteiger partial charge in [0.2, 0.25) is 0 Å². The average molecular weight is 199 g/mol. The van der Waals surface area contributed by atoms with E-state index < -0.39 is 0 Å². The Labute approximate surface area is 88.4 Å². The van der Waals surface area contributed by atoms with Gasteiger partial charge in [0.15, 0.2) is 0 Å². The van der Waals surface area contributed by atoms with E-state index >= 15 is 0 Å². The van der Waals surface area contributed by atoms with E-state index in [-0.39, 0.29) is 0 Å². The molecular formula is C12H25NO. The van der Waals surface area contributed by atoms with Crippen LogP contribution in [0.3, 0.4) is 0 Å². The fourth-order valence-electron chi connectivity index (χ4n) is 2.20. The van der Waals surface area contributed by atoms with Gasteiger partial charge >= 0.3 is 0 Å². The Kier molecular flexibility index (Phi) is 4.90. The molecule has 1 fully saturated rings. The van der Waals surface area contributed by atoms with Gasteiger partial charge in [-0.2, -0.15) is 0 Å². The molecule has 2 heteroatoms. The smallest absolute Gasteiger partial charge is 0.0509 e. The fourth-order valence-corrected chi connectivity index (χ4v) is 2.20. The molecule has 1 aliphatic heterocycles. The van der Waals surface area contributed by atoms with Crippen LogP contribution in [0.2, 0.25) is 0 Å². The summed E-state index contributed by atoms with van der Waals surface area (Å²) >= 11 is 0. The summed E-state index contributed by atoms with van der Waals surface area (Å²) in [7, 11) is 0. The molecule has 0 saturated carbocycles. The molecule has 1 aliphatic rings. The predicted molar refractivity (Wildman–Crippen MR) is 60.4 cm³/mol. The Morgan fingerprint density at radius 1 is 1.36 bits per heavy atom. The lowest BCUT2D eigenvalue weighted by atomic mass is 9.96. The van der Waals surface area contributed by atoms with E-state index in [1.54, 1.807) is 0 Å². The lowest BCUT2D eigenvalue weighted by molar-refractivity contribution is 0.174. The maximum absolute atomic E-state index is 5.41. The van der Waals surface area contributed by atoms with Gasteiger partial charge in [0.25, 0.3) is 0 Å². The molecule has 3 unspecified atom stereocenters. The Bertz CT molecular complexity index is 152. The molecule has 2 nitrogen and oxygen atoms in total. The van der Waals surface area contributed by atoms with Gasteiger partial charge in [-0.3, -0.25) is 0 Å². The molecule has 1 rings (SSSR count). The van der Waals surface area contributed by atoms with Crippen molar-refractivity contribution < 1.29 is 4.74 Å². The summed E-state index contributed by atoms with van der Waals surface area (Å²) in [5.74, 6) is 1.45. The van der Waals surface area contributed by atoms with Crippen LogP contribution in [-0.4, -0.2) is 25.3 Å². The van der Waals surface area contributed by atoms with Crippen LogP contribution < -0.4 is 5.32 Å². The number of hydrogen-bond donors (Lipinski definition) is 1. The van der Waals surface area contributed by atoms with Crippen molar-refractivity contribution in [2.24, 2.45) is 11.8 Å². The molecule has 14 heavy (non-hydrogen) atoms. The highest BCUT2D eigenvalue weighted by atomic mass is 16.5. The van der Waals surface area contributed by atoms with Gasteiger partial charge < -0.3 is 10.1 Å². The first-order chi connectivity index (χ1) is 6.65. The zero-order chi connectivity index (χ0) is 10.6. The second kappa shape index (κ2) is 5.72. The molecule has 1 saturated heterocycles. The number of nitrogens with one attached hydrogen (secondary N) is 1. The number of ether oxygens (including phenoxy) is 1. The first-order valence-corrected chi connectivity index (χ1v) is 5.99. The van der Waals surface area contributed by atoms with Gasteiger partial charge in [0.1, 0.15) is 0 Å². The number of hydrogen-bond acceptors (Lipinski definition) is 2. The molecular weight excluding hydrogens is 174 g/mol. The third-order valence-corrected chi connectivity index (χ3v) is 3.39. The van der Waals surface area contributed by atoms with Crippen molar-refractivity contribution >= 4 is 0 Å². The van der Waals surface area contributed by atoms with Crippen LogP contribution in [0.4, 0.5) is 0 Å². The van der Waals surface area contributed by atoms with Gasteiger partial charge in [-0.15, -0.1) is 0 Å². The molecule has 0 spiro atoms. The predicted octanol–water partition coefficient (Wildman–Crippen LogP) is 2.44. The van der Waals surface area contributed by atoms with Crippen molar-refractivity contribution in [2.45, 2.75) is 52.6 Å². The first-order valence-electron chi connectivity index (χ1n) is 5.99. The molecule has 0 bridgehead atoms. The van der Waals surface area contributed by atoms with Gasteiger partial charge in [0.05, 0.1) is 6.61 Å². The minimum absolute atomic E-state index is 0.602. The van der Waals surface area contributed by atoms with Crippen molar-refractivity contribution in [3.8, 4) is 0 Å². The Hall–Kier alpha value is -0.0800. The lowest BCUT2D eigenvalue weighted by Crippen LogP contribution is -2.43. The van der Waals surface area contributed by atoms with Gasteiger partial charge in [-0.1, -0.05) is 20.8 Å². The molecule has 1 heterocycles. The monoisotopic (exact) mass is 199 g/mol. The molecule has 0 aromatic heterocycles. The Morgan fingerprint density at radius 3 is 2.50 bits per heavy atom. The van der Waals surface area contributed by atoms with Crippen LogP contribution in [0.1, 0.15) is 40.5 Å². The number of rotatable bonds is 5. The summed E-state index contributed by atoms with van der Waals surface area (Å²) in [5.41, 5.74) is 0. The second-order valence-electron chi connectivity index (χ2n) is 4.84. The van der Waals surface area contributed by atoms with Crippen LogP contribution in [-0.2, 0) is 4.74 Å². The van der Waals surface area contributed by atoms with Crippen molar-refractivity contribution in [2.75, 3.05) is 13.2 Å². The third kappa shape index (κ3) is 3.25. The van der Waals surface area contributed by atoms with Crippen LogP contribution in [0.15, 0.2) is 0 Å². The second-order valence-corrected chi connectivity index (χ2v) is 4.84. The molecule has 1 N–H and O–H groups in total. The Balaban J connectivity index is 2.33. The van der Waals surface area contributed by atoms with E-state index in [9.17, 15) is 0 Å². The van der Waals surface area contributed by atoms with Crippen molar-refractivity contribution in [1.29, 1.82) is 0 Å². The van der Waals surface area contributed by atoms with Crippen LogP contribution in [0.25, 0.3) is 0 Å². The molecule has 0 aromatic rings. The highest BCUT2D eigenvalue weighted by molar-refractivity contribution is 4.80. The standard InChI is InChI=1S/C12H25NO/c1-5-12(9(2)3)13-10(4)11-6-7-14-8-11/h9-13H,5-8H2,1-4H3. The minimum atomic E-state index is 0.602. The summed E-state index contributed by atoms with van der Waals surface area (Å²) in [6.07, 6.45) is 2.44. The highest BCUT2D eigenvalue weighted by Crippen LogP contribution is 2.18. The maximum Gasteiger partial charge on any atom is 0.0509 e. The molecule has 3 atom stereocenters. The first kappa shape index (κ1) is 12.0. The van der Waals surface area contributed by atoms with E-state index in [0.29, 0.717) is 12.1 Å². The van der Waals surface area contributed by atoms with Crippen LogP contribution in [0.5, 0.6) is 0 Å². The Morgan fingerprint density at radius 2 is 2.07 bits per heavy atom. The van der Waals surface area contributed by atoms with Gasteiger partial charge in [-0.05, 0) is 31.6 Å². The highest BCUT2D eigenvalue weighted by Gasteiger charge is 2.24. The van der Waals surface area contributed by atoms with Gasteiger partial charge in [-0.25, -0.2) is 0 Å². The fraction of sp³-hybridized carbons (Fsp3) is 1.00. The topological polar surface area (TPSA) is 21.3 Å². The molecule has 0 radical (unpaired) electrons. The van der Waals surface area contributed by atoms with Crippen LogP contribution >= 0.6 is 0 Å². The van der Waals surface area contributed by atoms with E-state index in [2.05, 4.69) is 33.0 Å². The summed E-state index contributed by atoms with van der Waals surface area (Å²) in [6, 6.07) is 1.26. The molecule has 0 aliphatic carbocycles. The van der Waals surface area contributed by atoms with E-state index in [1.807, 2.05) is 0 Å². The van der Waals surface area contributed by atoms with E-state index in [4.69, 9.17) is 4.74 Å². The largest absolute Gasteiger partial charge is 0.381 e. The van der Waals surface area contributed by atoms with Crippen molar-refractivity contribution in [3.05, 3.63) is 0 Å². The maximum atomic E-state index is 5.41. The molecule has 0 amide bonds. The zero-order valence-corrected chi connectivity index (χ0v) is 10.0. The normalized spacial score (nSPS) is 26.8. The summed E-state index contributed by atoms with van der Waals surface area (Å²) in [5, 5.41) is 3.73. The summed E-state index contributed by atoms with van der Waals surface area (Å²) in [4.78, 5) is 0. The van der Waals surface area contributed by atoms with Crippen molar-refractivity contribution in [1.82, 2.24) is 5.32 Å². The minimum Gasteiger partial charge on any atom is -0.381 e. The van der Waals surface area contributed by atoms with E-state index in [0.717, 1.165) is 25.0 Å². The zero-order valence-electron chi connectivity index (χ0n) is 10.0. The lowest BCUT2D eigenvalue weighted by Gasteiger charge is -2.28. The summed E-state index contributed by atoms with van der Waals surface area (Å²) in [6.45, 7) is 11.0. The SMILES string of the molecule is CCC(NC(C)C1CCOC1)C(C)C.